The topological polar surface area (TPSA) is 111 Å². The molecule has 0 spiro atoms. The van der Waals surface area contributed by atoms with Gasteiger partial charge < -0.3 is 29.6 Å². The Morgan fingerprint density at radius 2 is 2.00 bits per heavy atom. The van der Waals surface area contributed by atoms with Crippen LogP contribution < -0.4 is 25.8 Å². The zero-order valence-electron chi connectivity index (χ0n) is 19.8. The van der Waals surface area contributed by atoms with Gasteiger partial charge in [-0.2, -0.15) is 4.98 Å². The summed E-state index contributed by atoms with van der Waals surface area (Å²) in [4.78, 5) is 35.9. The van der Waals surface area contributed by atoms with Gasteiger partial charge in [-0.25, -0.2) is 4.98 Å². The molecule has 1 amide bonds. The van der Waals surface area contributed by atoms with E-state index in [1.807, 2.05) is 18.2 Å². The number of piperidine rings is 1. The summed E-state index contributed by atoms with van der Waals surface area (Å²) in [5.41, 5.74) is 1.12. The van der Waals surface area contributed by atoms with Gasteiger partial charge in [0.2, 0.25) is 5.95 Å². The molecule has 35 heavy (non-hydrogen) atoms. The molecule has 3 aromatic rings. The molecule has 1 saturated heterocycles. The van der Waals surface area contributed by atoms with Gasteiger partial charge in [-0.15, -0.1) is 0 Å². The van der Waals surface area contributed by atoms with Gasteiger partial charge in [0.1, 0.15) is 5.02 Å². The van der Waals surface area contributed by atoms with Crippen molar-refractivity contribution in [1.82, 2.24) is 19.9 Å². The van der Waals surface area contributed by atoms with E-state index in [2.05, 4.69) is 25.5 Å². The zero-order valence-corrected chi connectivity index (χ0v) is 20.6. The largest absolute Gasteiger partial charge is 0.478 e. The number of hydrogen-bond acceptors (Lipinski definition) is 8. The molecule has 0 bridgehead atoms. The summed E-state index contributed by atoms with van der Waals surface area (Å²) in [5, 5.41) is 6.91. The molecule has 0 unspecified atom stereocenters. The quantitative estimate of drug-likeness (QED) is 0.461. The monoisotopic (exact) mass is 500 g/mol. The number of ether oxygens (including phenoxy) is 2. The highest BCUT2D eigenvalue weighted by atomic mass is 35.5. The average molecular weight is 501 g/mol. The van der Waals surface area contributed by atoms with Crippen LogP contribution in [0.15, 0.2) is 35.3 Å². The molecule has 0 radical (unpaired) electrons. The van der Waals surface area contributed by atoms with Gasteiger partial charge >= 0.3 is 0 Å². The summed E-state index contributed by atoms with van der Waals surface area (Å²) in [5.74, 6) is 0.911. The summed E-state index contributed by atoms with van der Waals surface area (Å²) >= 11 is 6.39. The molecule has 10 nitrogen and oxygen atoms in total. The second-order valence-corrected chi connectivity index (χ2v) is 8.64. The molecule has 1 aromatic carbocycles. The fourth-order valence-electron chi connectivity index (χ4n) is 3.99. The Balaban J connectivity index is 1.67. The van der Waals surface area contributed by atoms with Gasteiger partial charge in [-0.3, -0.25) is 9.59 Å². The van der Waals surface area contributed by atoms with E-state index in [0.29, 0.717) is 35.5 Å². The van der Waals surface area contributed by atoms with E-state index >= 15 is 0 Å². The SMILES string of the molecule is CNC(=O)COc1cc2cc(Nc3nc(N4CCCCC4)ncc3Cl)ccc2n(CCOC)c1=O. The first-order chi connectivity index (χ1) is 17.0. The Labute approximate surface area is 208 Å². The Hall–Kier alpha value is -3.37. The summed E-state index contributed by atoms with van der Waals surface area (Å²) in [6.45, 7) is 2.29. The van der Waals surface area contributed by atoms with Gasteiger partial charge in [-0.05, 0) is 43.5 Å². The maximum Gasteiger partial charge on any atom is 0.293 e. The predicted octanol–water partition coefficient (Wildman–Crippen LogP) is 2.95. The Kier molecular flexibility index (Phi) is 8.04. The van der Waals surface area contributed by atoms with Crippen molar-refractivity contribution in [3.63, 3.8) is 0 Å². The van der Waals surface area contributed by atoms with Crippen LogP contribution in [0.1, 0.15) is 19.3 Å². The molecule has 2 aromatic heterocycles. The highest BCUT2D eigenvalue weighted by Crippen LogP contribution is 2.28. The maximum atomic E-state index is 13.0. The fraction of sp³-hybridized carbons (Fsp3) is 0.417. The number of benzene rings is 1. The summed E-state index contributed by atoms with van der Waals surface area (Å²) in [6.07, 6.45) is 5.06. The van der Waals surface area contributed by atoms with Crippen molar-refractivity contribution in [2.24, 2.45) is 0 Å². The fourth-order valence-corrected chi connectivity index (χ4v) is 4.13. The van der Waals surface area contributed by atoms with Gasteiger partial charge in [0.15, 0.2) is 18.2 Å². The first kappa shape index (κ1) is 24.7. The second-order valence-electron chi connectivity index (χ2n) is 8.23. The van der Waals surface area contributed by atoms with E-state index in [9.17, 15) is 9.59 Å². The van der Waals surface area contributed by atoms with E-state index in [1.54, 1.807) is 23.9 Å². The van der Waals surface area contributed by atoms with E-state index in [4.69, 9.17) is 21.1 Å². The number of hydrogen-bond donors (Lipinski definition) is 2. The van der Waals surface area contributed by atoms with Gasteiger partial charge in [0.25, 0.3) is 11.5 Å². The summed E-state index contributed by atoms with van der Waals surface area (Å²) in [7, 11) is 3.08. The molecule has 1 fully saturated rings. The minimum Gasteiger partial charge on any atom is -0.478 e. The van der Waals surface area contributed by atoms with Crippen LogP contribution in [-0.2, 0) is 16.1 Å². The standard InChI is InChI=1S/C24H29ClN6O4/c1-26-21(32)15-35-20-13-16-12-17(6-7-19(16)31(23(20)33)10-11-34-2)28-22-18(25)14-27-24(29-22)30-8-4-3-5-9-30/h6-7,12-14H,3-5,8-11,15H2,1-2H3,(H,26,32)(H,27,28,29). The number of amides is 1. The summed E-state index contributed by atoms with van der Waals surface area (Å²) in [6, 6.07) is 7.21. The maximum absolute atomic E-state index is 13.0. The number of aromatic nitrogens is 3. The lowest BCUT2D eigenvalue weighted by molar-refractivity contribution is -0.122. The predicted molar refractivity (Wildman–Crippen MR) is 136 cm³/mol. The van der Waals surface area contributed by atoms with Crippen LogP contribution in [0.5, 0.6) is 5.75 Å². The number of carbonyl (C=O) groups is 1. The van der Waals surface area contributed by atoms with E-state index in [-0.39, 0.29) is 23.8 Å². The van der Waals surface area contributed by atoms with Crippen molar-refractivity contribution in [3.8, 4) is 5.75 Å². The molecule has 186 valence electrons. The molecule has 1 aliphatic rings. The number of nitrogens with zero attached hydrogens (tertiary/aromatic N) is 4. The molecular formula is C24H29ClN6O4. The zero-order chi connectivity index (χ0) is 24.8. The molecular weight excluding hydrogens is 472 g/mol. The van der Waals surface area contributed by atoms with Crippen molar-refractivity contribution < 1.29 is 14.3 Å². The van der Waals surface area contributed by atoms with Crippen LogP contribution in [0.25, 0.3) is 10.9 Å². The van der Waals surface area contributed by atoms with Crippen molar-refractivity contribution in [1.29, 1.82) is 0 Å². The number of fused-ring (bicyclic) bond motifs is 1. The van der Waals surface area contributed by atoms with Crippen molar-refractivity contribution in [3.05, 3.63) is 45.8 Å². The van der Waals surface area contributed by atoms with Crippen LogP contribution >= 0.6 is 11.6 Å². The average Bonchev–Trinajstić information content (AvgIpc) is 2.88. The number of methoxy groups -OCH3 is 1. The molecule has 11 heteroatoms. The molecule has 3 heterocycles. The lowest BCUT2D eigenvalue weighted by Crippen LogP contribution is -2.31. The second kappa shape index (κ2) is 11.4. The number of anilines is 3. The number of carbonyl (C=O) groups excluding carboxylic acids is 1. The Bertz CT molecular complexity index is 1260. The van der Waals surface area contributed by atoms with Gasteiger partial charge in [0, 0.05) is 44.9 Å². The number of pyridine rings is 1. The first-order valence-electron chi connectivity index (χ1n) is 11.5. The normalized spacial score (nSPS) is 13.6. The first-order valence-corrected chi connectivity index (χ1v) is 11.9. The van der Waals surface area contributed by atoms with Gasteiger partial charge in [-0.1, -0.05) is 11.6 Å². The smallest absolute Gasteiger partial charge is 0.293 e. The van der Waals surface area contributed by atoms with Gasteiger partial charge in [0.05, 0.1) is 18.3 Å². The molecule has 1 aliphatic heterocycles. The van der Waals surface area contributed by atoms with E-state index < -0.39 is 0 Å². The highest BCUT2D eigenvalue weighted by Gasteiger charge is 2.16. The van der Waals surface area contributed by atoms with E-state index in [1.165, 1.54) is 13.5 Å². The number of rotatable bonds is 9. The highest BCUT2D eigenvalue weighted by molar-refractivity contribution is 6.32. The molecule has 2 N–H and O–H groups in total. The third-order valence-electron chi connectivity index (χ3n) is 5.85. The van der Waals surface area contributed by atoms with Crippen LogP contribution in [0.4, 0.5) is 17.5 Å². The number of likely N-dealkylation sites (N-methyl/N-ethyl adjacent to an activating group) is 1. The molecule has 0 aliphatic carbocycles. The number of halogens is 1. The van der Waals surface area contributed by atoms with Crippen molar-refractivity contribution >= 4 is 45.9 Å². The van der Waals surface area contributed by atoms with Crippen LogP contribution in [0.3, 0.4) is 0 Å². The third-order valence-corrected chi connectivity index (χ3v) is 6.13. The number of nitrogens with one attached hydrogen (secondary N) is 2. The molecule has 0 saturated carbocycles. The van der Waals surface area contributed by atoms with Crippen LogP contribution in [0, 0.1) is 0 Å². The minimum absolute atomic E-state index is 0.0850. The lowest BCUT2D eigenvalue weighted by atomic mass is 10.1. The van der Waals surface area contributed by atoms with Crippen molar-refractivity contribution in [2.75, 3.05) is 50.7 Å². The Morgan fingerprint density at radius 1 is 1.20 bits per heavy atom. The minimum atomic E-state index is -0.329. The van der Waals surface area contributed by atoms with Crippen molar-refractivity contribution in [2.45, 2.75) is 25.8 Å². The molecule has 0 atom stereocenters. The Morgan fingerprint density at radius 3 is 2.74 bits per heavy atom. The van der Waals surface area contributed by atoms with E-state index in [0.717, 1.165) is 37.0 Å². The van der Waals surface area contributed by atoms with Crippen LogP contribution in [-0.4, -0.2) is 60.9 Å². The molecule has 4 rings (SSSR count). The summed E-state index contributed by atoms with van der Waals surface area (Å²) < 4.78 is 12.3. The third kappa shape index (κ3) is 5.83. The lowest BCUT2D eigenvalue weighted by Gasteiger charge is -2.26. The van der Waals surface area contributed by atoms with Crippen LogP contribution in [0.2, 0.25) is 5.02 Å².